The second-order valence-corrected chi connectivity index (χ2v) is 4.03. The van der Waals surface area contributed by atoms with Gasteiger partial charge < -0.3 is 15.4 Å². The third kappa shape index (κ3) is 3.13. The fourth-order valence-electron chi connectivity index (χ4n) is 1.77. The third-order valence-corrected chi connectivity index (χ3v) is 2.75. The molecule has 0 aliphatic carbocycles. The predicted octanol–water partition coefficient (Wildman–Crippen LogP) is 2.97. The lowest BCUT2D eigenvalue weighted by molar-refractivity contribution is 0.340. The van der Waals surface area contributed by atoms with Gasteiger partial charge in [0, 0.05) is 18.3 Å². The zero-order valence-electron chi connectivity index (χ0n) is 11.4. The van der Waals surface area contributed by atoms with Gasteiger partial charge in [0.2, 0.25) is 0 Å². The molecule has 100 valence electrons. The molecular formula is C14H18N4O. The molecule has 1 aromatic heterocycles. The van der Waals surface area contributed by atoms with Crippen molar-refractivity contribution < 1.29 is 4.74 Å². The molecule has 2 aromatic rings. The van der Waals surface area contributed by atoms with Crippen molar-refractivity contribution in [3.63, 3.8) is 0 Å². The molecule has 5 heteroatoms. The summed E-state index contributed by atoms with van der Waals surface area (Å²) in [6.45, 7) is 4.61. The number of rotatable bonds is 5. The van der Waals surface area contributed by atoms with Gasteiger partial charge in [-0.25, -0.2) is 9.97 Å². The smallest absolute Gasteiger partial charge is 0.138 e. The number of nitrogens with zero attached hydrogens (tertiary/aromatic N) is 2. The first-order chi connectivity index (χ1) is 9.24. The van der Waals surface area contributed by atoms with E-state index >= 15 is 0 Å². The maximum absolute atomic E-state index is 5.41. The summed E-state index contributed by atoms with van der Waals surface area (Å²) < 4.78 is 5.41. The van der Waals surface area contributed by atoms with E-state index in [4.69, 9.17) is 4.74 Å². The zero-order valence-corrected chi connectivity index (χ0v) is 11.4. The van der Waals surface area contributed by atoms with Crippen molar-refractivity contribution in [3.8, 4) is 5.75 Å². The maximum Gasteiger partial charge on any atom is 0.138 e. The van der Waals surface area contributed by atoms with Crippen molar-refractivity contribution >= 4 is 17.3 Å². The SMILES string of the molecule is CCOc1ccc(Nc2ncnc(NC)c2C)cc1. The van der Waals surface area contributed by atoms with E-state index in [-0.39, 0.29) is 0 Å². The van der Waals surface area contributed by atoms with Gasteiger partial charge >= 0.3 is 0 Å². The van der Waals surface area contributed by atoms with Crippen LogP contribution in [0.15, 0.2) is 30.6 Å². The van der Waals surface area contributed by atoms with E-state index < -0.39 is 0 Å². The van der Waals surface area contributed by atoms with Crippen LogP contribution < -0.4 is 15.4 Å². The van der Waals surface area contributed by atoms with Gasteiger partial charge in [-0.1, -0.05) is 0 Å². The molecule has 1 aromatic carbocycles. The Morgan fingerprint density at radius 1 is 1.11 bits per heavy atom. The molecule has 2 N–H and O–H groups in total. The second-order valence-electron chi connectivity index (χ2n) is 4.03. The van der Waals surface area contributed by atoms with Crippen LogP contribution in [0.4, 0.5) is 17.3 Å². The molecule has 0 bridgehead atoms. The standard InChI is InChI=1S/C14H18N4O/c1-4-19-12-7-5-11(6-8-12)18-14-10(2)13(15-3)16-9-17-14/h5-9H,4H2,1-3H3,(H2,15,16,17,18). The number of hydrogen-bond donors (Lipinski definition) is 2. The van der Waals surface area contributed by atoms with E-state index in [0.717, 1.165) is 28.6 Å². The fourth-order valence-corrected chi connectivity index (χ4v) is 1.77. The molecular weight excluding hydrogens is 240 g/mol. The summed E-state index contributed by atoms with van der Waals surface area (Å²) >= 11 is 0. The lowest BCUT2D eigenvalue weighted by atomic mass is 10.2. The highest BCUT2D eigenvalue weighted by Gasteiger charge is 2.05. The summed E-state index contributed by atoms with van der Waals surface area (Å²) in [6.07, 6.45) is 1.54. The highest BCUT2D eigenvalue weighted by Crippen LogP contribution is 2.23. The van der Waals surface area contributed by atoms with E-state index in [2.05, 4.69) is 20.6 Å². The van der Waals surface area contributed by atoms with Gasteiger partial charge in [-0.2, -0.15) is 0 Å². The van der Waals surface area contributed by atoms with Crippen molar-refractivity contribution in [1.29, 1.82) is 0 Å². The quantitative estimate of drug-likeness (QED) is 0.863. The van der Waals surface area contributed by atoms with E-state index in [1.165, 1.54) is 6.33 Å². The maximum atomic E-state index is 5.41. The Balaban J connectivity index is 2.16. The summed E-state index contributed by atoms with van der Waals surface area (Å²) in [5.74, 6) is 2.48. The molecule has 19 heavy (non-hydrogen) atoms. The third-order valence-electron chi connectivity index (χ3n) is 2.75. The van der Waals surface area contributed by atoms with Crippen LogP contribution in [-0.2, 0) is 0 Å². The summed E-state index contributed by atoms with van der Waals surface area (Å²) in [7, 11) is 1.84. The monoisotopic (exact) mass is 258 g/mol. The minimum absolute atomic E-state index is 0.670. The number of aromatic nitrogens is 2. The van der Waals surface area contributed by atoms with E-state index in [0.29, 0.717) is 6.61 Å². The Bertz CT molecular complexity index is 540. The van der Waals surface area contributed by atoms with E-state index in [9.17, 15) is 0 Å². The fraction of sp³-hybridized carbons (Fsp3) is 0.286. The number of ether oxygens (including phenoxy) is 1. The van der Waals surface area contributed by atoms with Crippen molar-refractivity contribution in [1.82, 2.24) is 9.97 Å². The van der Waals surface area contributed by atoms with Crippen LogP contribution in [0.2, 0.25) is 0 Å². The number of anilines is 3. The number of nitrogens with one attached hydrogen (secondary N) is 2. The minimum Gasteiger partial charge on any atom is -0.494 e. The first-order valence-corrected chi connectivity index (χ1v) is 6.23. The Morgan fingerprint density at radius 2 is 1.79 bits per heavy atom. The summed E-state index contributed by atoms with van der Waals surface area (Å²) in [5, 5.41) is 6.31. The van der Waals surface area contributed by atoms with Gasteiger partial charge in [0.25, 0.3) is 0 Å². The van der Waals surface area contributed by atoms with Crippen LogP contribution in [0.1, 0.15) is 12.5 Å². The van der Waals surface area contributed by atoms with Crippen molar-refractivity contribution in [2.75, 3.05) is 24.3 Å². The van der Waals surface area contributed by atoms with Crippen LogP contribution >= 0.6 is 0 Å². The lowest BCUT2D eigenvalue weighted by Crippen LogP contribution is -2.02. The molecule has 0 saturated heterocycles. The average molecular weight is 258 g/mol. The highest BCUT2D eigenvalue weighted by molar-refractivity contribution is 5.64. The van der Waals surface area contributed by atoms with Gasteiger partial charge in [0.1, 0.15) is 23.7 Å². The number of benzene rings is 1. The van der Waals surface area contributed by atoms with E-state index in [1.807, 2.05) is 45.2 Å². The minimum atomic E-state index is 0.670. The van der Waals surface area contributed by atoms with Gasteiger partial charge in [-0.05, 0) is 38.1 Å². The van der Waals surface area contributed by atoms with Gasteiger partial charge in [-0.15, -0.1) is 0 Å². The molecule has 0 saturated carbocycles. The molecule has 1 heterocycles. The summed E-state index contributed by atoms with van der Waals surface area (Å²) in [6, 6.07) is 7.79. The Kier molecular flexibility index (Phi) is 4.18. The van der Waals surface area contributed by atoms with Crippen LogP contribution in [0.3, 0.4) is 0 Å². The molecule has 5 nitrogen and oxygen atoms in total. The number of hydrogen-bond acceptors (Lipinski definition) is 5. The van der Waals surface area contributed by atoms with Gasteiger partial charge in [-0.3, -0.25) is 0 Å². The highest BCUT2D eigenvalue weighted by atomic mass is 16.5. The first kappa shape index (κ1) is 13.1. The molecule has 0 aliphatic rings. The molecule has 0 amide bonds. The molecule has 0 atom stereocenters. The molecule has 0 aliphatic heterocycles. The normalized spacial score (nSPS) is 10.1. The Labute approximate surface area is 113 Å². The summed E-state index contributed by atoms with van der Waals surface area (Å²) in [4.78, 5) is 8.40. The first-order valence-electron chi connectivity index (χ1n) is 6.23. The average Bonchev–Trinajstić information content (AvgIpc) is 2.43. The van der Waals surface area contributed by atoms with E-state index in [1.54, 1.807) is 0 Å². The molecule has 0 radical (unpaired) electrons. The molecule has 0 spiro atoms. The zero-order chi connectivity index (χ0) is 13.7. The van der Waals surface area contributed by atoms with Crippen LogP contribution in [0.25, 0.3) is 0 Å². The van der Waals surface area contributed by atoms with Crippen LogP contribution in [0.5, 0.6) is 5.75 Å². The Morgan fingerprint density at radius 3 is 2.42 bits per heavy atom. The molecule has 0 fully saturated rings. The van der Waals surface area contributed by atoms with Crippen LogP contribution in [0, 0.1) is 6.92 Å². The summed E-state index contributed by atoms with van der Waals surface area (Å²) in [5.41, 5.74) is 1.95. The van der Waals surface area contributed by atoms with Gasteiger partial charge in [0.05, 0.1) is 6.61 Å². The second kappa shape index (κ2) is 6.04. The molecule has 2 rings (SSSR count). The van der Waals surface area contributed by atoms with Crippen molar-refractivity contribution in [2.45, 2.75) is 13.8 Å². The largest absolute Gasteiger partial charge is 0.494 e. The van der Waals surface area contributed by atoms with Gasteiger partial charge in [0.15, 0.2) is 0 Å². The Hall–Kier alpha value is -2.30. The topological polar surface area (TPSA) is 59.1 Å². The predicted molar refractivity (Wildman–Crippen MR) is 77.2 cm³/mol. The van der Waals surface area contributed by atoms with Crippen molar-refractivity contribution in [2.24, 2.45) is 0 Å². The molecule has 0 unspecified atom stereocenters. The van der Waals surface area contributed by atoms with Crippen molar-refractivity contribution in [3.05, 3.63) is 36.2 Å². The van der Waals surface area contributed by atoms with Crippen LogP contribution in [-0.4, -0.2) is 23.6 Å². The lowest BCUT2D eigenvalue weighted by Gasteiger charge is -2.11.